The van der Waals surface area contributed by atoms with Crippen molar-refractivity contribution in [2.75, 3.05) is 33.0 Å². The standard InChI is InChI=1S/C38H45F3N4O7S/c1-44(53(49,50)20-18-38(39,40)41)33-15-9-10-19-45(37(48)52-25-27-13-7-4-8-14-27)34-23-31(30-22-28(51-2)16-17-29(30)34)42-24-35(46)32(43-36(33)47)21-26-11-5-3-6-12-26/h3-14,16-17,22,31-35,42,46H,15,18-21,23-25H2,1-2H3,(H,43,47)/b10-9+/t31-,32-,33-,34+,35+/m0/s1. The fourth-order valence-corrected chi connectivity index (χ4v) is 7.98. The number of ether oxygens (including phenoxy) is 2. The van der Waals surface area contributed by atoms with E-state index in [2.05, 4.69) is 10.6 Å². The van der Waals surface area contributed by atoms with Crippen molar-refractivity contribution in [1.29, 1.82) is 0 Å². The van der Waals surface area contributed by atoms with Crippen LogP contribution in [0.25, 0.3) is 0 Å². The van der Waals surface area contributed by atoms with Gasteiger partial charge in [0, 0.05) is 26.2 Å². The molecule has 53 heavy (non-hydrogen) atoms. The van der Waals surface area contributed by atoms with E-state index >= 15 is 0 Å². The molecule has 3 aromatic carbocycles. The van der Waals surface area contributed by atoms with Crippen molar-refractivity contribution >= 4 is 22.0 Å². The number of hydrogen-bond acceptors (Lipinski definition) is 8. The van der Waals surface area contributed by atoms with Gasteiger partial charge in [0.15, 0.2) is 0 Å². The Morgan fingerprint density at radius 1 is 1.00 bits per heavy atom. The lowest BCUT2D eigenvalue weighted by Gasteiger charge is -2.31. The van der Waals surface area contributed by atoms with Gasteiger partial charge in [-0.2, -0.15) is 17.5 Å². The first kappa shape index (κ1) is 39.8. The molecule has 1 aliphatic carbocycles. The van der Waals surface area contributed by atoms with Gasteiger partial charge >= 0.3 is 12.3 Å². The molecule has 3 N–H and O–H groups in total. The SMILES string of the molecule is COc1ccc2c(c1)[C@@H]1C[C@H]2N(C(=O)OCc2ccccc2)C/C=C/C[C@H](N(C)S(=O)(=O)CCC(F)(F)F)C(=O)N[C@@H](Cc2ccccc2)[C@H](O)CN1. The zero-order chi connectivity index (χ0) is 38.2. The highest BCUT2D eigenvalue weighted by Gasteiger charge is 2.40. The maximum atomic E-state index is 13.9. The number of nitrogens with one attached hydrogen (secondary N) is 2. The first-order valence-electron chi connectivity index (χ1n) is 17.3. The molecule has 3 aromatic rings. The number of β-amino-alcohol motifs (C(OH)–C–C–N with tert-alkyl or cyclic N) is 1. The van der Waals surface area contributed by atoms with Crippen LogP contribution >= 0.6 is 0 Å². The van der Waals surface area contributed by atoms with Crippen LogP contribution in [0.15, 0.2) is 91.0 Å². The maximum absolute atomic E-state index is 13.9. The van der Waals surface area contributed by atoms with Crippen LogP contribution in [0.3, 0.4) is 0 Å². The summed E-state index contributed by atoms with van der Waals surface area (Å²) >= 11 is 0. The molecule has 1 aliphatic heterocycles. The van der Waals surface area contributed by atoms with Crippen LogP contribution < -0.4 is 15.4 Å². The van der Waals surface area contributed by atoms with Gasteiger partial charge < -0.3 is 25.2 Å². The molecule has 5 rings (SSSR count). The number of benzene rings is 3. The quantitative estimate of drug-likeness (QED) is 0.259. The molecule has 286 valence electrons. The van der Waals surface area contributed by atoms with Gasteiger partial charge in [0.1, 0.15) is 18.4 Å². The molecular formula is C38H45F3N4O7S. The number of alkyl halides is 3. The summed E-state index contributed by atoms with van der Waals surface area (Å²) in [4.78, 5) is 29.3. The van der Waals surface area contributed by atoms with Crippen molar-refractivity contribution in [3.8, 4) is 5.75 Å². The van der Waals surface area contributed by atoms with Crippen molar-refractivity contribution in [1.82, 2.24) is 19.8 Å². The van der Waals surface area contributed by atoms with Crippen LogP contribution in [-0.2, 0) is 32.6 Å². The third kappa shape index (κ3) is 10.6. The monoisotopic (exact) mass is 758 g/mol. The average Bonchev–Trinajstić information content (AvgIpc) is 3.50. The predicted octanol–water partition coefficient (Wildman–Crippen LogP) is 5.04. The highest BCUT2D eigenvalue weighted by molar-refractivity contribution is 7.89. The van der Waals surface area contributed by atoms with E-state index < -0.39 is 64.6 Å². The Bertz CT molecular complexity index is 1830. The van der Waals surface area contributed by atoms with Crippen LogP contribution in [-0.4, -0.2) is 92.1 Å². The third-order valence-electron chi connectivity index (χ3n) is 9.62. The second kappa shape index (κ2) is 17.6. The molecule has 0 aromatic heterocycles. The van der Waals surface area contributed by atoms with Gasteiger partial charge in [0.2, 0.25) is 15.9 Å². The van der Waals surface area contributed by atoms with E-state index in [0.717, 1.165) is 29.3 Å². The summed E-state index contributed by atoms with van der Waals surface area (Å²) in [6.45, 7) is 0.0170. The molecule has 0 fully saturated rings. The molecule has 2 aliphatic rings. The number of aliphatic hydroxyl groups excluding tert-OH is 1. The lowest BCUT2D eigenvalue weighted by Crippen LogP contribution is -2.55. The number of nitrogens with zero attached hydrogens (tertiary/aromatic N) is 2. The lowest BCUT2D eigenvalue weighted by atomic mass is 9.99. The molecule has 5 atom stereocenters. The molecule has 0 saturated carbocycles. The molecule has 0 saturated heterocycles. The van der Waals surface area contributed by atoms with E-state index in [1.807, 2.05) is 72.8 Å². The predicted molar refractivity (Wildman–Crippen MR) is 192 cm³/mol. The van der Waals surface area contributed by atoms with Gasteiger partial charge in [0.25, 0.3) is 0 Å². The molecule has 0 unspecified atom stereocenters. The number of fused-ring (bicyclic) bond motifs is 5. The summed E-state index contributed by atoms with van der Waals surface area (Å²) < 4.78 is 77.4. The summed E-state index contributed by atoms with van der Waals surface area (Å²) in [7, 11) is -1.93. The maximum Gasteiger partial charge on any atom is 0.410 e. The summed E-state index contributed by atoms with van der Waals surface area (Å²) in [6.07, 6.45) is -4.60. The second-order valence-electron chi connectivity index (χ2n) is 13.2. The van der Waals surface area contributed by atoms with Crippen LogP contribution in [0.4, 0.5) is 18.0 Å². The van der Waals surface area contributed by atoms with Gasteiger partial charge in [-0.05, 0) is 53.6 Å². The first-order valence-corrected chi connectivity index (χ1v) is 18.9. The van der Waals surface area contributed by atoms with E-state index in [4.69, 9.17) is 9.47 Å². The van der Waals surface area contributed by atoms with Crippen molar-refractivity contribution in [3.05, 3.63) is 113 Å². The minimum absolute atomic E-state index is 0.00704. The van der Waals surface area contributed by atoms with Crippen LogP contribution in [0, 0.1) is 0 Å². The number of methoxy groups -OCH3 is 1. The highest BCUT2D eigenvalue weighted by Crippen LogP contribution is 2.44. The smallest absolute Gasteiger partial charge is 0.410 e. The zero-order valence-corrected chi connectivity index (χ0v) is 30.4. The van der Waals surface area contributed by atoms with Gasteiger partial charge in [-0.3, -0.25) is 9.69 Å². The number of carbonyl (C=O) groups is 2. The summed E-state index contributed by atoms with van der Waals surface area (Å²) in [5.74, 6) is -1.42. The van der Waals surface area contributed by atoms with Crippen molar-refractivity contribution in [2.45, 2.75) is 68.7 Å². The van der Waals surface area contributed by atoms with Crippen molar-refractivity contribution in [2.24, 2.45) is 0 Å². The first-order chi connectivity index (χ1) is 25.3. The second-order valence-corrected chi connectivity index (χ2v) is 15.3. The van der Waals surface area contributed by atoms with Crippen LogP contribution in [0.5, 0.6) is 5.75 Å². The number of hydrogen-bond donors (Lipinski definition) is 3. The molecule has 11 nitrogen and oxygen atoms in total. The third-order valence-corrected chi connectivity index (χ3v) is 11.5. The number of aliphatic hydroxyl groups is 1. The van der Waals surface area contributed by atoms with Gasteiger partial charge in [-0.15, -0.1) is 0 Å². The van der Waals surface area contributed by atoms with Gasteiger partial charge in [0.05, 0.1) is 37.5 Å². The summed E-state index contributed by atoms with van der Waals surface area (Å²) in [5.41, 5.74) is 3.29. The van der Waals surface area contributed by atoms with E-state index in [1.165, 1.54) is 6.08 Å². The Kier molecular flexibility index (Phi) is 13.2. The number of amides is 2. The van der Waals surface area contributed by atoms with E-state index in [-0.39, 0.29) is 38.6 Å². The minimum Gasteiger partial charge on any atom is -0.497 e. The largest absolute Gasteiger partial charge is 0.497 e. The Hall–Kier alpha value is -4.44. The van der Waals surface area contributed by atoms with Crippen molar-refractivity contribution in [3.63, 3.8) is 0 Å². The molecule has 0 radical (unpaired) electrons. The fourth-order valence-electron chi connectivity index (χ4n) is 6.63. The minimum atomic E-state index is -4.72. The Labute approximate surface area is 307 Å². The lowest BCUT2D eigenvalue weighted by molar-refractivity contribution is -0.130. The Balaban J connectivity index is 1.50. The fraction of sp³-hybridized carbons (Fsp3) is 0.421. The number of halogens is 3. The van der Waals surface area contributed by atoms with E-state index in [0.29, 0.717) is 16.5 Å². The topological polar surface area (TPSA) is 138 Å². The number of sulfonamides is 1. The Morgan fingerprint density at radius 3 is 2.34 bits per heavy atom. The molecule has 2 amide bonds. The average molecular weight is 759 g/mol. The van der Waals surface area contributed by atoms with E-state index in [1.54, 1.807) is 24.2 Å². The van der Waals surface area contributed by atoms with Gasteiger partial charge in [-0.25, -0.2) is 13.2 Å². The molecule has 15 heteroatoms. The number of rotatable bonds is 9. The normalized spacial score (nSPS) is 23.3. The number of carbonyl (C=O) groups excluding carboxylic acids is 2. The number of likely N-dealkylation sites (N-methyl/N-ethyl adjacent to an activating group) is 1. The molecule has 1 heterocycles. The van der Waals surface area contributed by atoms with E-state index in [9.17, 15) is 36.3 Å². The summed E-state index contributed by atoms with van der Waals surface area (Å²) in [5, 5.41) is 17.8. The van der Waals surface area contributed by atoms with Crippen LogP contribution in [0.2, 0.25) is 0 Å². The molecule has 2 bridgehead atoms. The highest BCUT2D eigenvalue weighted by atomic mass is 32.2. The van der Waals surface area contributed by atoms with Crippen LogP contribution in [0.1, 0.15) is 53.6 Å². The molecular weight excluding hydrogens is 713 g/mol. The zero-order valence-electron chi connectivity index (χ0n) is 29.5. The Morgan fingerprint density at radius 2 is 1.68 bits per heavy atom. The molecule has 0 spiro atoms. The van der Waals surface area contributed by atoms with Gasteiger partial charge in [-0.1, -0.05) is 78.9 Å². The summed E-state index contributed by atoms with van der Waals surface area (Å²) in [6, 6.07) is 20.6. The van der Waals surface area contributed by atoms with Crippen molar-refractivity contribution < 1.29 is 45.8 Å².